The Labute approximate surface area is 116 Å². The summed E-state index contributed by atoms with van der Waals surface area (Å²) in [5, 5.41) is 12.6. The zero-order chi connectivity index (χ0) is 14.5. The van der Waals surface area contributed by atoms with Gasteiger partial charge in [0, 0.05) is 12.6 Å². The number of aromatic nitrogens is 2. The molecule has 0 saturated heterocycles. The van der Waals surface area contributed by atoms with Crippen molar-refractivity contribution in [1.29, 1.82) is 0 Å². The molecule has 1 N–H and O–H groups in total. The van der Waals surface area contributed by atoms with E-state index >= 15 is 0 Å². The minimum absolute atomic E-state index is 0.0844. The molecule has 0 spiro atoms. The van der Waals surface area contributed by atoms with Gasteiger partial charge in [-0.25, -0.2) is 0 Å². The highest BCUT2D eigenvalue weighted by Crippen LogP contribution is 2.18. The number of nitrogens with zero attached hydrogens (tertiary/aromatic N) is 3. The summed E-state index contributed by atoms with van der Waals surface area (Å²) in [4.78, 5) is 16.9. The zero-order valence-electron chi connectivity index (χ0n) is 11.4. The third-order valence-corrected chi connectivity index (χ3v) is 2.89. The van der Waals surface area contributed by atoms with Crippen LogP contribution in [0.25, 0.3) is 11.7 Å². The molecule has 0 saturated carbocycles. The molecule has 0 aliphatic carbocycles. The van der Waals surface area contributed by atoms with Crippen molar-refractivity contribution in [2.75, 3.05) is 6.54 Å². The van der Waals surface area contributed by atoms with E-state index in [4.69, 9.17) is 14.0 Å². The maximum absolute atomic E-state index is 10.6. The fraction of sp³-hybridized carbons (Fsp3) is 0.462. The van der Waals surface area contributed by atoms with Crippen LogP contribution in [0.15, 0.2) is 27.3 Å². The molecule has 2 aromatic rings. The molecule has 7 heteroatoms. The van der Waals surface area contributed by atoms with E-state index in [1.807, 2.05) is 18.7 Å². The molecule has 2 rings (SSSR count). The fourth-order valence-electron chi connectivity index (χ4n) is 1.76. The molecule has 0 amide bonds. The normalized spacial score (nSPS) is 11.4. The van der Waals surface area contributed by atoms with Gasteiger partial charge in [0.05, 0.1) is 19.2 Å². The third kappa shape index (κ3) is 3.67. The third-order valence-electron chi connectivity index (χ3n) is 2.89. The number of rotatable bonds is 7. The van der Waals surface area contributed by atoms with Crippen LogP contribution in [0.4, 0.5) is 0 Å². The standard InChI is InChI=1S/C13H17N3O4/c1-9(2)16(6-5-12(17)18)8-11-14-13(20-15-11)10-4-3-7-19-10/h3-4,7,9H,5-6,8H2,1-2H3,(H,17,18). The van der Waals surface area contributed by atoms with Gasteiger partial charge >= 0.3 is 5.97 Å². The monoisotopic (exact) mass is 279 g/mol. The number of carbonyl (C=O) groups is 1. The van der Waals surface area contributed by atoms with Crippen LogP contribution in [-0.2, 0) is 11.3 Å². The van der Waals surface area contributed by atoms with Crippen LogP contribution in [0.2, 0.25) is 0 Å². The maximum atomic E-state index is 10.6. The molecule has 0 aromatic carbocycles. The average molecular weight is 279 g/mol. The van der Waals surface area contributed by atoms with Crippen LogP contribution in [0.5, 0.6) is 0 Å². The first-order valence-corrected chi connectivity index (χ1v) is 6.38. The van der Waals surface area contributed by atoms with Gasteiger partial charge in [-0.1, -0.05) is 5.16 Å². The van der Waals surface area contributed by atoms with Crippen molar-refractivity contribution in [3.8, 4) is 11.7 Å². The van der Waals surface area contributed by atoms with Gasteiger partial charge in [-0.15, -0.1) is 0 Å². The van der Waals surface area contributed by atoms with E-state index in [2.05, 4.69) is 10.1 Å². The molecule has 0 aliphatic rings. The van der Waals surface area contributed by atoms with Crippen LogP contribution in [0.3, 0.4) is 0 Å². The number of carboxylic acid groups (broad SMARTS) is 1. The molecule has 0 atom stereocenters. The molecule has 0 unspecified atom stereocenters. The Hall–Kier alpha value is -2.15. The molecule has 0 bridgehead atoms. The van der Waals surface area contributed by atoms with Crippen molar-refractivity contribution in [1.82, 2.24) is 15.0 Å². The molecule has 0 fully saturated rings. The van der Waals surface area contributed by atoms with Crippen molar-refractivity contribution < 1.29 is 18.8 Å². The first-order valence-electron chi connectivity index (χ1n) is 6.38. The fourth-order valence-corrected chi connectivity index (χ4v) is 1.76. The lowest BCUT2D eigenvalue weighted by Gasteiger charge is -2.23. The van der Waals surface area contributed by atoms with Gasteiger partial charge in [0.15, 0.2) is 11.6 Å². The van der Waals surface area contributed by atoms with E-state index in [9.17, 15) is 4.79 Å². The molecule has 0 aliphatic heterocycles. The van der Waals surface area contributed by atoms with Gasteiger partial charge in [-0.3, -0.25) is 9.69 Å². The van der Waals surface area contributed by atoms with Crippen molar-refractivity contribution in [2.45, 2.75) is 32.9 Å². The molecule has 0 radical (unpaired) electrons. The molecule has 2 heterocycles. The van der Waals surface area contributed by atoms with Crippen LogP contribution >= 0.6 is 0 Å². The number of furan rings is 1. The zero-order valence-corrected chi connectivity index (χ0v) is 11.4. The molecular formula is C13H17N3O4. The topological polar surface area (TPSA) is 92.6 Å². The summed E-state index contributed by atoms with van der Waals surface area (Å²) in [6.45, 7) is 4.87. The molecule has 20 heavy (non-hydrogen) atoms. The lowest BCUT2D eigenvalue weighted by atomic mass is 10.3. The summed E-state index contributed by atoms with van der Waals surface area (Å²) in [6, 6.07) is 3.67. The lowest BCUT2D eigenvalue weighted by Crippen LogP contribution is -2.32. The van der Waals surface area contributed by atoms with E-state index in [-0.39, 0.29) is 12.5 Å². The minimum Gasteiger partial charge on any atom is -0.481 e. The second kappa shape index (κ2) is 6.33. The highest BCUT2D eigenvalue weighted by Gasteiger charge is 2.17. The van der Waals surface area contributed by atoms with Crippen molar-refractivity contribution in [3.63, 3.8) is 0 Å². The van der Waals surface area contributed by atoms with Gasteiger partial charge in [-0.2, -0.15) is 4.98 Å². The predicted molar refractivity (Wildman–Crippen MR) is 69.8 cm³/mol. The Kier molecular flexibility index (Phi) is 4.52. The van der Waals surface area contributed by atoms with Gasteiger partial charge in [0.2, 0.25) is 0 Å². The number of hydrogen-bond acceptors (Lipinski definition) is 6. The Balaban J connectivity index is 2.01. The minimum atomic E-state index is -0.819. The maximum Gasteiger partial charge on any atom is 0.304 e. The van der Waals surface area contributed by atoms with Gasteiger partial charge in [-0.05, 0) is 26.0 Å². The van der Waals surface area contributed by atoms with Crippen LogP contribution in [0.1, 0.15) is 26.1 Å². The molecule has 7 nitrogen and oxygen atoms in total. The largest absolute Gasteiger partial charge is 0.481 e. The highest BCUT2D eigenvalue weighted by atomic mass is 16.5. The average Bonchev–Trinajstić information content (AvgIpc) is 3.04. The van der Waals surface area contributed by atoms with Crippen molar-refractivity contribution >= 4 is 5.97 Å². The SMILES string of the molecule is CC(C)N(CCC(=O)O)Cc1noc(-c2ccco2)n1. The first-order chi connectivity index (χ1) is 9.56. The highest BCUT2D eigenvalue weighted by molar-refractivity contribution is 5.66. The number of hydrogen-bond donors (Lipinski definition) is 1. The van der Waals surface area contributed by atoms with Crippen molar-refractivity contribution in [2.24, 2.45) is 0 Å². The second-order valence-electron chi connectivity index (χ2n) is 4.70. The van der Waals surface area contributed by atoms with E-state index < -0.39 is 5.97 Å². The summed E-state index contributed by atoms with van der Waals surface area (Å²) in [6.07, 6.45) is 1.62. The van der Waals surface area contributed by atoms with E-state index in [0.717, 1.165) is 0 Å². The summed E-state index contributed by atoms with van der Waals surface area (Å²) in [7, 11) is 0. The first kappa shape index (κ1) is 14.3. The Morgan fingerprint density at radius 1 is 1.50 bits per heavy atom. The smallest absolute Gasteiger partial charge is 0.304 e. The summed E-state index contributed by atoms with van der Waals surface area (Å²) in [5.74, 6) is 0.535. The Bertz CT molecular complexity index is 548. The lowest BCUT2D eigenvalue weighted by molar-refractivity contribution is -0.137. The molecule has 2 aromatic heterocycles. The number of aliphatic carboxylic acids is 1. The van der Waals surface area contributed by atoms with E-state index in [0.29, 0.717) is 30.6 Å². The van der Waals surface area contributed by atoms with Crippen LogP contribution < -0.4 is 0 Å². The van der Waals surface area contributed by atoms with Crippen LogP contribution in [0, 0.1) is 0 Å². The number of carboxylic acids is 1. The second-order valence-corrected chi connectivity index (χ2v) is 4.70. The summed E-state index contributed by atoms with van der Waals surface area (Å²) in [5.41, 5.74) is 0. The van der Waals surface area contributed by atoms with Crippen LogP contribution in [-0.4, -0.2) is 38.7 Å². The van der Waals surface area contributed by atoms with Gasteiger partial charge in [0.25, 0.3) is 5.89 Å². The Morgan fingerprint density at radius 3 is 2.90 bits per heavy atom. The van der Waals surface area contributed by atoms with Crippen molar-refractivity contribution in [3.05, 3.63) is 24.2 Å². The molecular weight excluding hydrogens is 262 g/mol. The molecule has 108 valence electrons. The summed E-state index contributed by atoms with van der Waals surface area (Å²) < 4.78 is 10.3. The van der Waals surface area contributed by atoms with E-state index in [1.165, 1.54) is 6.26 Å². The van der Waals surface area contributed by atoms with Gasteiger partial charge in [0.1, 0.15) is 0 Å². The quantitative estimate of drug-likeness (QED) is 0.828. The van der Waals surface area contributed by atoms with E-state index in [1.54, 1.807) is 12.1 Å². The Morgan fingerprint density at radius 2 is 2.30 bits per heavy atom. The summed E-state index contributed by atoms with van der Waals surface area (Å²) >= 11 is 0. The predicted octanol–water partition coefficient (Wildman–Crippen LogP) is 2.01. The van der Waals surface area contributed by atoms with Gasteiger partial charge < -0.3 is 14.0 Å².